The fourth-order valence-corrected chi connectivity index (χ4v) is 4.80. The van der Waals surface area contributed by atoms with Crippen LogP contribution >= 0.6 is 0 Å². The van der Waals surface area contributed by atoms with Gasteiger partial charge in [-0.2, -0.15) is 4.31 Å². The number of non-ortho nitro benzene ring substituents is 1. The highest BCUT2D eigenvalue weighted by atomic mass is 32.2. The van der Waals surface area contributed by atoms with Crippen molar-refractivity contribution >= 4 is 27.5 Å². The number of ketones is 1. The van der Waals surface area contributed by atoms with Crippen molar-refractivity contribution in [3.63, 3.8) is 0 Å². The first-order chi connectivity index (χ1) is 14.8. The van der Waals surface area contributed by atoms with E-state index in [-0.39, 0.29) is 21.7 Å². The molecule has 0 saturated carbocycles. The average Bonchev–Trinajstić information content (AvgIpc) is 3.07. The number of benzene rings is 2. The molecular formula is C21H22N2O7S. The van der Waals surface area contributed by atoms with Gasteiger partial charge in [-0.05, 0) is 37.1 Å². The lowest BCUT2D eigenvalue weighted by molar-refractivity contribution is -0.384. The van der Waals surface area contributed by atoms with Gasteiger partial charge in [0.2, 0.25) is 15.8 Å². The van der Waals surface area contributed by atoms with Crippen LogP contribution in [0.4, 0.5) is 5.69 Å². The zero-order valence-corrected chi connectivity index (χ0v) is 17.5. The summed E-state index contributed by atoms with van der Waals surface area (Å²) in [7, 11) is -3.63. The minimum Gasteiger partial charge on any atom is -0.454 e. The number of nitro groups is 1. The van der Waals surface area contributed by atoms with Gasteiger partial charge >= 0.3 is 5.97 Å². The lowest BCUT2D eigenvalue weighted by Crippen LogP contribution is -2.31. The summed E-state index contributed by atoms with van der Waals surface area (Å²) in [6, 6.07) is 10.5. The Morgan fingerprint density at radius 1 is 0.968 bits per heavy atom. The van der Waals surface area contributed by atoms with Crippen molar-refractivity contribution in [1.82, 2.24) is 4.31 Å². The summed E-state index contributed by atoms with van der Waals surface area (Å²) < 4.78 is 32.0. The molecule has 10 heteroatoms. The molecule has 0 radical (unpaired) electrons. The first-order valence-corrected chi connectivity index (χ1v) is 11.3. The van der Waals surface area contributed by atoms with Crippen LogP contribution in [0.15, 0.2) is 53.4 Å². The summed E-state index contributed by atoms with van der Waals surface area (Å²) in [4.78, 5) is 34.7. The number of nitro benzene ring substituents is 1. The zero-order valence-electron chi connectivity index (χ0n) is 16.7. The fraction of sp³-hybridized carbons (Fsp3) is 0.333. The molecule has 0 unspecified atom stereocenters. The Hall–Kier alpha value is -3.11. The molecule has 0 aliphatic carbocycles. The molecule has 1 saturated heterocycles. The van der Waals surface area contributed by atoms with Gasteiger partial charge in [0.15, 0.2) is 6.61 Å². The maximum atomic E-state index is 12.8. The summed E-state index contributed by atoms with van der Waals surface area (Å²) in [6.45, 7) is 0.367. The lowest BCUT2D eigenvalue weighted by atomic mass is 10.1. The number of rotatable bonds is 7. The number of carbonyl (C=O) groups excluding carboxylic acids is 2. The van der Waals surface area contributed by atoms with E-state index in [1.165, 1.54) is 46.8 Å². The molecule has 1 fully saturated rings. The minimum absolute atomic E-state index is 0.0564. The van der Waals surface area contributed by atoms with Crippen molar-refractivity contribution in [1.29, 1.82) is 0 Å². The van der Waals surface area contributed by atoms with Crippen molar-refractivity contribution in [2.75, 3.05) is 19.7 Å². The second kappa shape index (κ2) is 9.80. The highest BCUT2D eigenvalue weighted by Crippen LogP contribution is 2.21. The molecule has 1 heterocycles. The highest BCUT2D eigenvalue weighted by molar-refractivity contribution is 7.89. The zero-order chi connectivity index (χ0) is 22.4. The summed E-state index contributed by atoms with van der Waals surface area (Å²) in [6.07, 6.45) is 3.65. The number of carbonyl (C=O) groups is 2. The van der Waals surface area contributed by atoms with Crippen LogP contribution in [0.3, 0.4) is 0 Å². The van der Waals surface area contributed by atoms with Crippen LogP contribution in [-0.2, 0) is 14.8 Å². The Balaban J connectivity index is 1.63. The van der Waals surface area contributed by atoms with Crippen molar-refractivity contribution in [3.8, 4) is 0 Å². The summed E-state index contributed by atoms with van der Waals surface area (Å²) in [5.41, 5.74) is -0.0825. The average molecular weight is 446 g/mol. The van der Waals surface area contributed by atoms with E-state index in [1.807, 2.05) is 0 Å². The van der Waals surface area contributed by atoms with E-state index in [0.29, 0.717) is 13.1 Å². The molecular weight excluding hydrogens is 424 g/mol. The number of hydrogen-bond acceptors (Lipinski definition) is 7. The normalized spacial score (nSPS) is 15.1. The first-order valence-electron chi connectivity index (χ1n) is 9.84. The highest BCUT2D eigenvalue weighted by Gasteiger charge is 2.25. The van der Waals surface area contributed by atoms with Crippen LogP contribution in [0.1, 0.15) is 46.4 Å². The molecule has 2 aromatic rings. The van der Waals surface area contributed by atoms with E-state index in [1.54, 1.807) is 0 Å². The number of esters is 1. The summed E-state index contributed by atoms with van der Waals surface area (Å²) in [5, 5.41) is 10.8. The van der Waals surface area contributed by atoms with Crippen molar-refractivity contribution in [3.05, 3.63) is 69.8 Å². The molecule has 0 bridgehead atoms. The van der Waals surface area contributed by atoms with Gasteiger partial charge < -0.3 is 4.74 Å². The number of Topliss-reactive ketones (excluding diaryl/α,β-unsaturated/α-hetero) is 1. The van der Waals surface area contributed by atoms with Crippen molar-refractivity contribution in [2.24, 2.45) is 0 Å². The quantitative estimate of drug-likeness (QED) is 0.277. The van der Waals surface area contributed by atoms with Gasteiger partial charge in [0.25, 0.3) is 5.69 Å². The van der Waals surface area contributed by atoms with Crippen LogP contribution in [0.2, 0.25) is 0 Å². The molecule has 31 heavy (non-hydrogen) atoms. The lowest BCUT2D eigenvalue weighted by Gasteiger charge is -2.19. The molecule has 9 nitrogen and oxygen atoms in total. The van der Waals surface area contributed by atoms with E-state index >= 15 is 0 Å². The van der Waals surface area contributed by atoms with Gasteiger partial charge in [0.1, 0.15) is 0 Å². The monoisotopic (exact) mass is 446 g/mol. The molecule has 0 aromatic heterocycles. The number of sulfonamides is 1. The molecule has 0 amide bonds. The molecule has 0 N–H and O–H groups in total. The van der Waals surface area contributed by atoms with Gasteiger partial charge in [0, 0.05) is 30.8 Å². The molecule has 1 aliphatic heterocycles. The largest absolute Gasteiger partial charge is 0.454 e. The molecule has 2 aromatic carbocycles. The second-order valence-electron chi connectivity index (χ2n) is 7.15. The molecule has 1 aliphatic rings. The van der Waals surface area contributed by atoms with E-state index in [4.69, 9.17) is 4.74 Å². The smallest absolute Gasteiger partial charge is 0.338 e. The third kappa shape index (κ3) is 5.53. The SMILES string of the molecule is O=C(COC(=O)c1ccc(S(=O)(=O)N2CCCCCC2)cc1)c1cccc([N+](=O)[O-])c1. The fourth-order valence-electron chi connectivity index (χ4n) is 3.28. The molecule has 3 rings (SSSR count). The Labute approximate surface area is 179 Å². The summed E-state index contributed by atoms with van der Waals surface area (Å²) in [5.74, 6) is -1.38. The minimum atomic E-state index is -3.63. The predicted octanol–water partition coefficient (Wildman–Crippen LogP) is 3.20. The van der Waals surface area contributed by atoms with E-state index in [0.717, 1.165) is 31.7 Å². The third-order valence-electron chi connectivity index (χ3n) is 5.01. The standard InChI is InChI=1S/C21H22N2O7S/c24-20(17-6-5-7-18(14-17)23(26)27)15-30-21(25)16-8-10-19(11-9-16)31(28,29)22-12-3-1-2-4-13-22/h5-11,14H,1-4,12-13,15H2. The van der Waals surface area contributed by atoms with Crippen LogP contribution in [0.25, 0.3) is 0 Å². The first kappa shape index (κ1) is 22.6. The Morgan fingerprint density at radius 2 is 1.61 bits per heavy atom. The Morgan fingerprint density at radius 3 is 2.23 bits per heavy atom. The summed E-state index contributed by atoms with van der Waals surface area (Å²) >= 11 is 0. The van der Waals surface area contributed by atoms with E-state index in [9.17, 15) is 28.1 Å². The topological polar surface area (TPSA) is 124 Å². The van der Waals surface area contributed by atoms with Gasteiger partial charge in [0.05, 0.1) is 15.4 Å². The van der Waals surface area contributed by atoms with Gasteiger partial charge in [-0.3, -0.25) is 14.9 Å². The molecule has 164 valence electrons. The van der Waals surface area contributed by atoms with Crippen molar-refractivity contribution < 1.29 is 27.7 Å². The van der Waals surface area contributed by atoms with Crippen LogP contribution in [-0.4, -0.2) is 49.1 Å². The maximum absolute atomic E-state index is 12.8. The van der Waals surface area contributed by atoms with Crippen molar-refractivity contribution in [2.45, 2.75) is 30.6 Å². The van der Waals surface area contributed by atoms with Crippen LogP contribution < -0.4 is 0 Å². The van der Waals surface area contributed by atoms with Gasteiger partial charge in [-0.25, -0.2) is 13.2 Å². The molecule has 0 atom stereocenters. The van der Waals surface area contributed by atoms with E-state index < -0.39 is 33.3 Å². The Kier molecular flexibility index (Phi) is 7.13. The predicted molar refractivity (Wildman–Crippen MR) is 111 cm³/mol. The van der Waals surface area contributed by atoms with Gasteiger partial charge in [-0.15, -0.1) is 0 Å². The third-order valence-corrected chi connectivity index (χ3v) is 6.92. The van der Waals surface area contributed by atoms with Crippen LogP contribution in [0.5, 0.6) is 0 Å². The number of nitrogens with zero attached hydrogens (tertiary/aromatic N) is 2. The number of hydrogen-bond donors (Lipinski definition) is 0. The number of ether oxygens (including phenoxy) is 1. The Bertz CT molecular complexity index is 1070. The van der Waals surface area contributed by atoms with Gasteiger partial charge in [-0.1, -0.05) is 25.0 Å². The van der Waals surface area contributed by atoms with Crippen LogP contribution in [0, 0.1) is 10.1 Å². The molecule has 0 spiro atoms. The second-order valence-corrected chi connectivity index (χ2v) is 9.09. The van der Waals surface area contributed by atoms with E-state index in [2.05, 4.69) is 0 Å². The maximum Gasteiger partial charge on any atom is 0.338 e.